The average molecular weight is 313 g/mol. The Hall–Kier alpha value is -1.81. The lowest BCUT2D eigenvalue weighted by Gasteiger charge is -2.16. The van der Waals surface area contributed by atoms with Crippen molar-refractivity contribution < 1.29 is 4.79 Å². The molecule has 1 fully saturated rings. The third kappa shape index (κ3) is 2.76. The minimum absolute atomic E-state index is 0.0878. The molecule has 1 aliphatic rings. The molecule has 1 saturated heterocycles. The van der Waals surface area contributed by atoms with Gasteiger partial charge in [-0.25, -0.2) is 0 Å². The molecule has 4 heteroatoms. The van der Waals surface area contributed by atoms with Crippen molar-refractivity contribution in [2.75, 3.05) is 13.1 Å². The van der Waals surface area contributed by atoms with Gasteiger partial charge in [0.2, 0.25) is 0 Å². The summed E-state index contributed by atoms with van der Waals surface area (Å²) >= 11 is 0. The van der Waals surface area contributed by atoms with E-state index in [1.165, 1.54) is 11.1 Å². The van der Waals surface area contributed by atoms with Crippen LogP contribution in [0.5, 0.6) is 0 Å². The fourth-order valence-corrected chi connectivity index (χ4v) is 3.89. The number of aromatic nitrogens is 1. The van der Waals surface area contributed by atoms with Gasteiger partial charge >= 0.3 is 0 Å². The lowest BCUT2D eigenvalue weighted by atomic mass is 9.99. The molecule has 4 nitrogen and oxygen atoms in total. The molecule has 2 heterocycles. The molecule has 2 aromatic rings. The smallest absolute Gasteiger partial charge is 0.270 e. The maximum atomic E-state index is 13.0. The molecule has 0 radical (unpaired) electrons. The van der Waals surface area contributed by atoms with Crippen LogP contribution in [0.1, 0.15) is 46.9 Å². The minimum atomic E-state index is 0.0878. The van der Waals surface area contributed by atoms with E-state index in [4.69, 9.17) is 5.73 Å². The number of amides is 1. The second kappa shape index (κ2) is 6.00. The average Bonchev–Trinajstić information content (AvgIpc) is 3.01. The Bertz CT molecular complexity index is 747. The molecule has 23 heavy (non-hydrogen) atoms. The molecule has 0 unspecified atom stereocenters. The van der Waals surface area contributed by atoms with E-state index in [0.29, 0.717) is 12.5 Å². The number of aryl methyl sites for hydroxylation is 3. The molecule has 1 aliphatic heterocycles. The summed E-state index contributed by atoms with van der Waals surface area (Å²) in [6.07, 6.45) is 2.21. The molecule has 0 aliphatic carbocycles. The summed E-state index contributed by atoms with van der Waals surface area (Å²) in [6, 6.07) is 4.41. The van der Waals surface area contributed by atoms with Crippen LogP contribution in [0.4, 0.5) is 0 Å². The van der Waals surface area contributed by atoms with Crippen LogP contribution in [0.2, 0.25) is 0 Å². The highest BCUT2D eigenvalue weighted by Gasteiger charge is 2.33. The van der Waals surface area contributed by atoms with E-state index in [-0.39, 0.29) is 11.9 Å². The van der Waals surface area contributed by atoms with Gasteiger partial charge in [-0.2, -0.15) is 0 Å². The molecule has 3 N–H and O–H groups in total. The van der Waals surface area contributed by atoms with Crippen molar-refractivity contribution in [3.05, 3.63) is 34.5 Å². The van der Waals surface area contributed by atoms with Crippen LogP contribution < -0.4 is 5.73 Å². The molecule has 124 valence electrons. The quantitative estimate of drug-likeness (QED) is 0.913. The number of fused-ring (bicyclic) bond motifs is 1. The van der Waals surface area contributed by atoms with Gasteiger partial charge in [-0.3, -0.25) is 4.79 Å². The maximum Gasteiger partial charge on any atom is 0.270 e. The van der Waals surface area contributed by atoms with Crippen LogP contribution in [0.3, 0.4) is 0 Å². The predicted molar refractivity (Wildman–Crippen MR) is 94.8 cm³/mol. The van der Waals surface area contributed by atoms with Crippen molar-refractivity contribution in [2.45, 2.75) is 46.6 Å². The number of carbonyl (C=O) groups is 1. The summed E-state index contributed by atoms with van der Waals surface area (Å²) in [5.74, 6) is 0.516. The number of H-pyrrole nitrogens is 1. The highest BCUT2D eigenvalue weighted by atomic mass is 16.2. The molecule has 1 amide bonds. The first-order valence-electron chi connectivity index (χ1n) is 8.56. The van der Waals surface area contributed by atoms with Crippen LogP contribution in [-0.4, -0.2) is 34.9 Å². The van der Waals surface area contributed by atoms with Crippen molar-refractivity contribution in [3.63, 3.8) is 0 Å². The second-order valence-electron chi connectivity index (χ2n) is 7.05. The molecule has 3 rings (SSSR count). The van der Waals surface area contributed by atoms with Crippen LogP contribution in [0.15, 0.2) is 12.1 Å². The third-order valence-corrected chi connectivity index (χ3v) is 5.16. The van der Waals surface area contributed by atoms with E-state index < -0.39 is 0 Å². The number of likely N-dealkylation sites (tertiary alicyclic amines) is 1. The maximum absolute atomic E-state index is 13.0. The fraction of sp³-hybridized carbons (Fsp3) is 0.526. The second-order valence-corrected chi connectivity index (χ2v) is 7.05. The monoisotopic (exact) mass is 313 g/mol. The van der Waals surface area contributed by atoms with Gasteiger partial charge in [0.05, 0.1) is 0 Å². The number of nitrogens with two attached hydrogens (primary N) is 1. The Morgan fingerprint density at radius 1 is 1.30 bits per heavy atom. The van der Waals surface area contributed by atoms with Crippen LogP contribution in [0.25, 0.3) is 10.9 Å². The number of hydrogen-bond donors (Lipinski definition) is 2. The van der Waals surface area contributed by atoms with Crippen molar-refractivity contribution >= 4 is 16.8 Å². The number of nitrogens with one attached hydrogen (secondary N) is 1. The highest BCUT2D eigenvalue weighted by molar-refractivity contribution is 6.01. The van der Waals surface area contributed by atoms with E-state index in [1.54, 1.807) is 0 Å². The first-order valence-corrected chi connectivity index (χ1v) is 8.56. The van der Waals surface area contributed by atoms with Crippen molar-refractivity contribution in [1.82, 2.24) is 9.88 Å². The zero-order valence-corrected chi connectivity index (χ0v) is 14.6. The largest absolute Gasteiger partial charge is 0.350 e. The molecular formula is C19H27N3O. The summed E-state index contributed by atoms with van der Waals surface area (Å²) in [5.41, 5.74) is 11.5. The van der Waals surface area contributed by atoms with Crippen LogP contribution in [0, 0.1) is 26.7 Å². The van der Waals surface area contributed by atoms with Gasteiger partial charge in [0, 0.05) is 30.0 Å². The Kier molecular flexibility index (Phi) is 4.19. The van der Waals surface area contributed by atoms with Gasteiger partial charge in [0.25, 0.3) is 5.91 Å². The number of carbonyl (C=O) groups excluding carboxylic acids is 1. The van der Waals surface area contributed by atoms with E-state index in [0.717, 1.165) is 41.5 Å². The van der Waals surface area contributed by atoms with Gasteiger partial charge < -0.3 is 15.6 Å². The van der Waals surface area contributed by atoms with Gasteiger partial charge in [0.15, 0.2) is 0 Å². The Morgan fingerprint density at radius 2 is 2.04 bits per heavy atom. The number of benzene rings is 1. The zero-order chi connectivity index (χ0) is 16.7. The van der Waals surface area contributed by atoms with Crippen LogP contribution in [-0.2, 0) is 0 Å². The van der Waals surface area contributed by atoms with E-state index in [9.17, 15) is 4.79 Å². The van der Waals surface area contributed by atoms with Gasteiger partial charge in [-0.1, -0.05) is 25.0 Å². The standard InChI is InChI=1S/C19H27N3O/c1-5-6-14-9-22(10-16(14)20)19(23)18-13(4)15-8-11(2)7-12(3)17(15)21-18/h7-8,14,16,21H,5-6,9-10,20H2,1-4H3/t14-,16-/m1/s1. The Labute approximate surface area is 138 Å². The zero-order valence-electron chi connectivity index (χ0n) is 14.6. The summed E-state index contributed by atoms with van der Waals surface area (Å²) in [5, 5.41) is 1.15. The lowest BCUT2D eigenvalue weighted by molar-refractivity contribution is 0.0780. The lowest BCUT2D eigenvalue weighted by Crippen LogP contribution is -2.32. The first kappa shape index (κ1) is 16.1. The first-order chi connectivity index (χ1) is 10.9. The highest BCUT2D eigenvalue weighted by Crippen LogP contribution is 2.28. The normalized spacial score (nSPS) is 21.3. The predicted octanol–water partition coefficient (Wildman–Crippen LogP) is 3.29. The number of rotatable bonds is 3. The van der Waals surface area contributed by atoms with Crippen molar-refractivity contribution in [3.8, 4) is 0 Å². The van der Waals surface area contributed by atoms with E-state index in [1.807, 2.05) is 11.8 Å². The topological polar surface area (TPSA) is 62.1 Å². The molecule has 1 aromatic carbocycles. The summed E-state index contributed by atoms with van der Waals surface area (Å²) in [4.78, 5) is 18.3. The Morgan fingerprint density at radius 3 is 2.74 bits per heavy atom. The van der Waals surface area contributed by atoms with Gasteiger partial charge in [0.1, 0.15) is 5.69 Å². The van der Waals surface area contributed by atoms with Gasteiger partial charge in [-0.15, -0.1) is 0 Å². The van der Waals surface area contributed by atoms with Crippen molar-refractivity contribution in [1.29, 1.82) is 0 Å². The SMILES string of the molecule is CCC[C@@H]1CN(C(=O)c2[nH]c3c(C)cc(C)cc3c2C)C[C@H]1N. The summed E-state index contributed by atoms with van der Waals surface area (Å²) in [6.45, 7) is 9.82. The van der Waals surface area contributed by atoms with Crippen molar-refractivity contribution in [2.24, 2.45) is 11.7 Å². The summed E-state index contributed by atoms with van der Waals surface area (Å²) in [7, 11) is 0. The Balaban J connectivity index is 1.93. The fourth-order valence-electron chi connectivity index (χ4n) is 3.89. The molecule has 0 saturated carbocycles. The molecule has 0 spiro atoms. The number of nitrogens with zero attached hydrogens (tertiary/aromatic N) is 1. The molecule has 1 aromatic heterocycles. The van der Waals surface area contributed by atoms with Gasteiger partial charge in [-0.05, 0) is 50.3 Å². The van der Waals surface area contributed by atoms with E-state index >= 15 is 0 Å². The minimum Gasteiger partial charge on any atom is -0.350 e. The van der Waals surface area contributed by atoms with E-state index in [2.05, 4.69) is 37.9 Å². The summed E-state index contributed by atoms with van der Waals surface area (Å²) < 4.78 is 0. The molecule has 0 bridgehead atoms. The van der Waals surface area contributed by atoms with Crippen LogP contribution >= 0.6 is 0 Å². The number of hydrogen-bond acceptors (Lipinski definition) is 2. The number of aromatic amines is 1. The molecule has 2 atom stereocenters. The molecular weight excluding hydrogens is 286 g/mol. The third-order valence-electron chi connectivity index (χ3n) is 5.16.